The lowest BCUT2D eigenvalue weighted by Gasteiger charge is -2.16. The molecule has 1 aliphatic heterocycles. The molecule has 0 radical (unpaired) electrons. The van der Waals surface area contributed by atoms with Crippen molar-refractivity contribution in [3.63, 3.8) is 0 Å². The van der Waals surface area contributed by atoms with Gasteiger partial charge in [-0.3, -0.25) is 4.79 Å². The zero-order chi connectivity index (χ0) is 10.9. The highest BCUT2D eigenvalue weighted by atomic mass is 16.5. The molecule has 0 bridgehead atoms. The van der Waals surface area contributed by atoms with Gasteiger partial charge in [0.15, 0.2) is 0 Å². The van der Waals surface area contributed by atoms with Crippen LogP contribution in [-0.2, 0) is 9.53 Å². The van der Waals surface area contributed by atoms with E-state index in [0.29, 0.717) is 13.0 Å². The summed E-state index contributed by atoms with van der Waals surface area (Å²) in [5, 5.41) is 9.90. The largest absolute Gasteiger partial charge is 0.466 e. The molecule has 88 valence electrons. The minimum absolute atomic E-state index is 0.121. The SMILES string of the molecule is CCOC(=O)CC1CNCCNCCN1. The summed E-state index contributed by atoms with van der Waals surface area (Å²) in [6, 6.07) is 0.184. The van der Waals surface area contributed by atoms with Crippen LogP contribution < -0.4 is 16.0 Å². The van der Waals surface area contributed by atoms with Gasteiger partial charge in [0.05, 0.1) is 13.0 Å². The zero-order valence-electron chi connectivity index (χ0n) is 9.34. The molecule has 0 amide bonds. The number of carbonyl (C=O) groups is 1. The molecule has 0 saturated carbocycles. The Morgan fingerprint density at radius 3 is 2.80 bits per heavy atom. The molecule has 1 unspecified atom stereocenters. The van der Waals surface area contributed by atoms with Crippen LogP contribution in [0.3, 0.4) is 0 Å². The van der Waals surface area contributed by atoms with E-state index in [4.69, 9.17) is 4.74 Å². The summed E-state index contributed by atoms with van der Waals surface area (Å²) in [4.78, 5) is 11.3. The fourth-order valence-corrected chi connectivity index (χ4v) is 1.58. The van der Waals surface area contributed by atoms with Crippen LogP contribution in [0.5, 0.6) is 0 Å². The van der Waals surface area contributed by atoms with Crippen molar-refractivity contribution in [3.8, 4) is 0 Å². The lowest BCUT2D eigenvalue weighted by molar-refractivity contribution is -0.143. The molecule has 5 nitrogen and oxygen atoms in total. The normalized spacial score (nSPS) is 23.7. The molecular formula is C10H21N3O2. The topological polar surface area (TPSA) is 62.4 Å². The quantitative estimate of drug-likeness (QED) is 0.532. The summed E-state index contributed by atoms with van der Waals surface area (Å²) in [5.41, 5.74) is 0. The summed E-state index contributed by atoms with van der Waals surface area (Å²) in [6.07, 6.45) is 0.445. The molecule has 1 atom stereocenters. The highest BCUT2D eigenvalue weighted by Gasteiger charge is 2.14. The summed E-state index contributed by atoms with van der Waals surface area (Å²) < 4.78 is 4.93. The highest BCUT2D eigenvalue weighted by molar-refractivity contribution is 5.70. The summed E-state index contributed by atoms with van der Waals surface area (Å²) in [7, 11) is 0. The van der Waals surface area contributed by atoms with Crippen molar-refractivity contribution < 1.29 is 9.53 Å². The third kappa shape index (κ3) is 5.71. The van der Waals surface area contributed by atoms with Crippen molar-refractivity contribution in [2.45, 2.75) is 19.4 Å². The average molecular weight is 215 g/mol. The highest BCUT2D eigenvalue weighted by Crippen LogP contribution is 1.94. The molecule has 1 heterocycles. The van der Waals surface area contributed by atoms with E-state index >= 15 is 0 Å². The maximum Gasteiger partial charge on any atom is 0.307 e. The summed E-state index contributed by atoms with van der Waals surface area (Å²) >= 11 is 0. The Hall–Kier alpha value is -0.650. The maximum absolute atomic E-state index is 11.3. The predicted molar refractivity (Wildman–Crippen MR) is 58.8 cm³/mol. The number of hydrogen-bond donors (Lipinski definition) is 3. The molecule has 1 aliphatic rings. The Labute approximate surface area is 90.9 Å². The van der Waals surface area contributed by atoms with Gasteiger partial charge in [0.1, 0.15) is 0 Å². The van der Waals surface area contributed by atoms with Gasteiger partial charge < -0.3 is 20.7 Å². The summed E-state index contributed by atoms with van der Waals surface area (Å²) in [5.74, 6) is -0.121. The first-order valence-electron chi connectivity index (χ1n) is 5.63. The Kier molecular flexibility index (Phi) is 6.31. The minimum Gasteiger partial charge on any atom is -0.466 e. The van der Waals surface area contributed by atoms with Crippen molar-refractivity contribution in [1.82, 2.24) is 16.0 Å². The second kappa shape index (κ2) is 7.62. The molecule has 0 aromatic rings. The van der Waals surface area contributed by atoms with Crippen molar-refractivity contribution in [3.05, 3.63) is 0 Å². The third-order valence-electron chi connectivity index (χ3n) is 2.32. The van der Waals surface area contributed by atoms with Gasteiger partial charge in [0.25, 0.3) is 0 Å². The van der Waals surface area contributed by atoms with Gasteiger partial charge in [0, 0.05) is 38.8 Å². The first-order chi connectivity index (χ1) is 7.33. The van der Waals surface area contributed by atoms with Crippen molar-refractivity contribution in [1.29, 1.82) is 0 Å². The van der Waals surface area contributed by atoms with Crippen LogP contribution in [0.25, 0.3) is 0 Å². The van der Waals surface area contributed by atoms with Gasteiger partial charge >= 0.3 is 5.97 Å². The van der Waals surface area contributed by atoms with Gasteiger partial charge in [-0.25, -0.2) is 0 Å². The Morgan fingerprint density at radius 2 is 2.00 bits per heavy atom. The number of nitrogens with one attached hydrogen (secondary N) is 3. The lowest BCUT2D eigenvalue weighted by Crippen LogP contribution is -2.41. The van der Waals surface area contributed by atoms with Crippen LogP contribution in [0.4, 0.5) is 0 Å². The van der Waals surface area contributed by atoms with Crippen molar-refractivity contribution in [2.24, 2.45) is 0 Å². The number of rotatable bonds is 3. The second-order valence-electron chi connectivity index (χ2n) is 3.61. The zero-order valence-corrected chi connectivity index (χ0v) is 9.34. The van der Waals surface area contributed by atoms with E-state index < -0.39 is 0 Å². The van der Waals surface area contributed by atoms with E-state index in [0.717, 1.165) is 32.7 Å². The van der Waals surface area contributed by atoms with Crippen LogP contribution in [0, 0.1) is 0 Å². The van der Waals surface area contributed by atoms with E-state index in [1.54, 1.807) is 0 Å². The molecule has 3 N–H and O–H groups in total. The summed E-state index contributed by atoms with van der Waals surface area (Å²) in [6.45, 7) is 6.87. The van der Waals surface area contributed by atoms with Gasteiger partial charge in [-0.05, 0) is 6.92 Å². The van der Waals surface area contributed by atoms with Gasteiger partial charge in [-0.15, -0.1) is 0 Å². The van der Waals surface area contributed by atoms with Gasteiger partial charge in [-0.2, -0.15) is 0 Å². The number of carbonyl (C=O) groups excluding carboxylic acids is 1. The van der Waals surface area contributed by atoms with Crippen LogP contribution in [0.2, 0.25) is 0 Å². The molecule has 0 aliphatic carbocycles. The smallest absolute Gasteiger partial charge is 0.307 e. The molecule has 0 spiro atoms. The maximum atomic E-state index is 11.3. The standard InChI is InChI=1S/C10H21N3O2/c1-2-15-10(14)7-9-8-12-4-3-11-5-6-13-9/h9,11-13H,2-8H2,1H3. The molecule has 1 saturated heterocycles. The van der Waals surface area contributed by atoms with Crippen LogP contribution in [0.1, 0.15) is 13.3 Å². The van der Waals surface area contributed by atoms with E-state index in [1.807, 2.05) is 6.92 Å². The number of esters is 1. The number of ether oxygens (including phenoxy) is 1. The lowest BCUT2D eigenvalue weighted by atomic mass is 10.2. The predicted octanol–water partition coefficient (Wildman–Crippen LogP) is -0.909. The Bertz CT molecular complexity index is 178. The number of hydrogen-bond acceptors (Lipinski definition) is 5. The Balaban J connectivity index is 2.26. The van der Waals surface area contributed by atoms with Crippen LogP contribution in [-0.4, -0.2) is 51.3 Å². The molecule has 0 aromatic heterocycles. The second-order valence-corrected chi connectivity index (χ2v) is 3.61. The molecule has 1 rings (SSSR count). The fraction of sp³-hybridized carbons (Fsp3) is 0.900. The van der Waals surface area contributed by atoms with Crippen LogP contribution >= 0.6 is 0 Å². The molecule has 0 aromatic carbocycles. The van der Waals surface area contributed by atoms with E-state index in [-0.39, 0.29) is 12.0 Å². The minimum atomic E-state index is -0.121. The van der Waals surface area contributed by atoms with E-state index in [2.05, 4.69) is 16.0 Å². The molecule has 5 heteroatoms. The van der Waals surface area contributed by atoms with Crippen LogP contribution in [0.15, 0.2) is 0 Å². The Morgan fingerprint density at radius 1 is 1.27 bits per heavy atom. The molecule has 1 fully saturated rings. The first kappa shape index (κ1) is 12.4. The van der Waals surface area contributed by atoms with Gasteiger partial charge in [0.2, 0.25) is 0 Å². The third-order valence-corrected chi connectivity index (χ3v) is 2.32. The fourth-order valence-electron chi connectivity index (χ4n) is 1.58. The van der Waals surface area contributed by atoms with Gasteiger partial charge in [-0.1, -0.05) is 0 Å². The monoisotopic (exact) mass is 215 g/mol. The molecular weight excluding hydrogens is 194 g/mol. The van der Waals surface area contributed by atoms with Crippen molar-refractivity contribution >= 4 is 5.97 Å². The average Bonchev–Trinajstić information content (AvgIpc) is 2.32. The molecule has 15 heavy (non-hydrogen) atoms. The van der Waals surface area contributed by atoms with Crippen molar-refractivity contribution in [2.75, 3.05) is 39.3 Å². The van der Waals surface area contributed by atoms with E-state index in [9.17, 15) is 4.79 Å². The van der Waals surface area contributed by atoms with E-state index in [1.165, 1.54) is 0 Å². The first-order valence-corrected chi connectivity index (χ1v) is 5.63.